The fourth-order valence-electron chi connectivity index (χ4n) is 2.31. The summed E-state index contributed by atoms with van der Waals surface area (Å²) in [5.41, 5.74) is 0.159. The summed E-state index contributed by atoms with van der Waals surface area (Å²) in [6, 6.07) is 0. The van der Waals surface area contributed by atoms with Crippen LogP contribution in [0.15, 0.2) is 4.99 Å². The van der Waals surface area contributed by atoms with Gasteiger partial charge in [0.15, 0.2) is 15.0 Å². The summed E-state index contributed by atoms with van der Waals surface area (Å²) in [5, 5.41) is 4.48. The predicted molar refractivity (Wildman–Crippen MR) is 78.0 cm³/mol. The molecule has 0 aliphatic carbocycles. The molecule has 4 nitrogen and oxygen atoms in total. The van der Waals surface area contributed by atoms with Crippen LogP contribution in [0.4, 0.5) is 0 Å². The molecule has 104 valence electrons. The second kappa shape index (κ2) is 5.41. The van der Waals surface area contributed by atoms with Gasteiger partial charge in [0, 0.05) is 17.8 Å². The lowest BCUT2D eigenvalue weighted by atomic mass is 9.96. The molecule has 0 radical (unpaired) electrons. The second-order valence-electron chi connectivity index (χ2n) is 5.55. The zero-order valence-corrected chi connectivity index (χ0v) is 12.7. The number of thioether (sulfide) groups is 1. The molecule has 2 unspecified atom stereocenters. The Hall–Kier alpha value is -0.230. The molecule has 0 aromatic carbocycles. The lowest BCUT2D eigenvalue weighted by molar-refractivity contribution is 0.389. The number of hydrogen-bond donors (Lipinski definition) is 1. The summed E-state index contributed by atoms with van der Waals surface area (Å²) in [6.45, 7) is 5.06. The van der Waals surface area contributed by atoms with Gasteiger partial charge in [-0.25, -0.2) is 8.42 Å². The minimum Gasteiger partial charge on any atom is -0.360 e. The van der Waals surface area contributed by atoms with Crippen molar-refractivity contribution in [2.45, 2.75) is 38.6 Å². The molecule has 2 atom stereocenters. The predicted octanol–water partition coefficient (Wildman–Crippen LogP) is 1.67. The molecule has 0 spiro atoms. The van der Waals surface area contributed by atoms with Crippen molar-refractivity contribution in [3.05, 3.63) is 0 Å². The maximum Gasteiger partial charge on any atom is 0.156 e. The van der Waals surface area contributed by atoms with E-state index in [0.717, 1.165) is 30.2 Å². The van der Waals surface area contributed by atoms with Crippen molar-refractivity contribution in [1.29, 1.82) is 0 Å². The normalized spacial score (nSPS) is 37.7. The van der Waals surface area contributed by atoms with Crippen LogP contribution in [-0.2, 0) is 9.84 Å². The molecule has 2 saturated heterocycles. The molecule has 0 saturated carbocycles. The largest absolute Gasteiger partial charge is 0.360 e. The number of hydrogen-bond acceptors (Lipinski definition) is 4. The van der Waals surface area contributed by atoms with Crippen LogP contribution in [0, 0.1) is 5.92 Å². The van der Waals surface area contributed by atoms with Crippen LogP contribution in [0.25, 0.3) is 0 Å². The number of aliphatic imine (C=N–C) groups is 1. The van der Waals surface area contributed by atoms with Crippen molar-refractivity contribution in [3.8, 4) is 0 Å². The van der Waals surface area contributed by atoms with Gasteiger partial charge in [0.05, 0.1) is 11.5 Å². The summed E-state index contributed by atoms with van der Waals surface area (Å²) in [7, 11) is -2.77. The van der Waals surface area contributed by atoms with Crippen molar-refractivity contribution in [2.24, 2.45) is 10.9 Å². The van der Waals surface area contributed by atoms with E-state index in [-0.39, 0.29) is 11.5 Å². The molecule has 0 aromatic rings. The average Bonchev–Trinajstić information content (AvgIpc) is 2.67. The van der Waals surface area contributed by atoms with E-state index >= 15 is 0 Å². The van der Waals surface area contributed by atoms with Crippen LogP contribution >= 0.6 is 11.8 Å². The van der Waals surface area contributed by atoms with Crippen LogP contribution in [0.1, 0.15) is 33.1 Å². The van der Waals surface area contributed by atoms with Gasteiger partial charge >= 0.3 is 0 Å². The zero-order chi connectivity index (χ0) is 13.2. The standard InChI is InChI=1S/C12H22N2O2S2/c1-3-12(2)5-6-17-11(14-12)13-8-10-4-7-18(15,16)9-10/h10H,3-9H2,1-2H3,(H,13,14). The van der Waals surface area contributed by atoms with E-state index in [9.17, 15) is 8.42 Å². The third-order valence-electron chi connectivity index (χ3n) is 3.90. The minimum atomic E-state index is -2.77. The summed E-state index contributed by atoms with van der Waals surface area (Å²) in [5.74, 6) is 1.98. The van der Waals surface area contributed by atoms with Gasteiger partial charge in [-0.2, -0.15) is 0 Å². The van der Waals surface area contributed by atoms with Gasteiger partial charge in [-0.1, -0.05) is 18.7 Å². The Bertz CT molecular complexity index is 433. The van der Waals surface area contributed by atoms with Gasteiger partial charge in [-0.05, 0) is 32.1 Å². The SMILES string of the molecule is CCC1(C)CCSC(=NCC2CCS(=O)(=O)C2)N1. The summed E-state index contributed by atoms with van der Waals surface area (Å²) < 4.78 is 22.7. The highest BCUT2D eigenvalue weighted by Gasteiger charge is 2.29. The van der Waals surface area contributed by atoms with Gasteiger partial charge in [0.2, 0.25) is 0 Å². The van der Waals surface area contributed by atoms with Crippen LogP contribution in [0.2, 0.25) is 0 Å². The highest BCUT2D eigenvalue weighted by atomic mass is 32.2. The van der Waals surface area contributed by atoms with E-state index in [1.807, 2.05) is 0 Å². The lowest BCUT2D eigenvalue weighted by Crippen LogP contribution is -2.48. The van der Waals surface area contributed by atoms with Crippen LogP contribution in [-0.4, -0.2) is 42.9 Å². The first-order chi connectivity index (χ1) is 8.42. The number of nitrogens with zero attached hydrogens (tertiary/aromatic N) is 1. The molecule has 0 bridgehead atoms. The van der Waals surface area contributed by atoms with Gasteiger partial charge in [-0.3, -0.25) is 4.99 Å². The number of amidine groups is 1. The van der Waals surface area contributed by atoms with E-state index < -0.39 is 9.84 Å². The van der Waals surface area contributed by atoms with E-state index in [2.05, 4.69) is 24.2 Å². The first-order valence-corrected chi connectivity index (χ1v) is 9.39. The van der Waals surface area contributed by atoms with Crippen molar-refractivity contribution < 1.29 is 8.42 Å². The molecule has 18 heavy (non-hydrogen) atoms. The quantitative estimate of drug-likeness (QED) is 0.859. The molecule has 6 heteroatoms. The highest BCUT2D eigenvalue weighted by Crippen LogP contribution is 2.25. The Morgan fingerprint density at radius 1 is 1.56 bits per heavy atom. The number of sulfone groups is 1. The van der Waals surface area contributed by atoms with Gasteiger partial charge in [-0.15, -0.1) is 0 Å². The number of nitrogens with one attached hydrogen (secondary N) is 1. The Kier molecular flexibility index (Phi) is 4.26. The average molecular weight is 290 g/mol. The third-order valence-corrected chi connectivity index (χ3v) is 6.65. The fraction of sp³-hybridized carbons (Fsp3) is 0.917. The molecule has 1 N–H and O–H groups in total. The van der Waals surface area contributed by atoms with Crippen LogP contribution in [0.3, 0.4) is 0 Å². The molecule has 0 aromatic heterocycles. The Morgan fingerprint density at radius 3 is 2.94 bits per heavy atom. The molecule has 2 heterocycles. The second-order valence-corrected chi connectivity index (χ2v) is 8.86. The lowest BCUT2D eigenvalue weighted by Gasteiger charge is -2.35. The van der Waals surface area contributed by atoms with Gasteiger partial charge < -0.3 is 5.32 Å². The van der Waals surface area contributed by atoms with E-state index in [0.29, 0.717) is 18.1 Å². The summed E-state index contributed by atoms with van der Waals surface area (Å²) in [6.07, 6.45) is 3.02. The van der Waals surface area contributed by atoms with Crippen molar-refractivity contribution in [2.75, 3.05) is 23.8 Å². The topological polar surface area (TPSA) is 58.5 Å². The van der Waals surface area contributed by atoms with Crippen LogP contribution in [0.5, 0.6) is 0 Å². The number of rotatable bonds is 3. The molecular weight excluding hydrogens is 268 g/mol. The van der Waals surface area contributed by atoms with Gasteiger partial charge in [0.25, 0.3) is 0 Å². The fourth-order valence-corrected chi connectivity index (χ4v) is 5.39. The van der Waals surface area contributed by atoms with Gasteiger partial charge in [0.1, 0.15) is 0 Å². The minimum absolute atomic E-state index is 0.159. The van der Waals surface area contributed by atoms with Crippen molar-refractivity contribution in [1.82, 2.24) is 5.32 Å². The molecular formula is C12H22N2O2S2. The summed E-state index contributed by atoms with van der Waals surface area (Å²) in [4.78, 5) is 4.58. The van der Waals surface area contributed by atoms with Crippen molar-refractivity contribution in [3.63, 3.8) is 0 Å². The monoisotopic (exact) mass is 290 g/mol. The van der Waals surface area contributed by atoms with Crippen LogP contribution < -0.4 is 5.32 Å². The Balaban J connectivity index is 1.90. The Morgan fingerprint density at radius 2 is 2.33 bits per heavy atom. The van der Waals surface area contributed by atoms with Crippen molar-refractivity contribution >= 4 is 26.8 Å². The summed E-state index contributed by atoms with van der Waals surface area (Å²) >= 11 is 1.75. The maximum absolute atomic E-state index is 11.4. The van der Waals surface area contributed by atoms with E-state index in [4.69, 9.17) is 0 Å². The highest BCUT2D eigenvalue weighted by molar-refractivity contribution is 8.13. The third kappa shape index (κ3) is 3.63. The molecule has 2 aliphatic rings. The van der Waals surface area contributed by atoms with E-state index in [1.165, 1.54) is 0 Å². The zero-order valence-electron chi connectivity index (χ0n) is 11.1. The smallest absolute Gasteiger partial charge is 0.156 e. The first-order valence-electron chi connectivity index (χ1n) is 6.58. The molecule has 2 rings (SSSR count). The Labute approximate surface area is 114 Å². The molecule has 0 amide bonds. The molecule has 2 aliphatic heterocycles. The first kappa shape index (κ1) is 14.2. The molecule has 2 fully saturated rings. The van der Waals surface area contributed by atoms with E-state index in [1.54, 1.807) is 11.8 Å². The maximum atomic E-state index is 11.4.